The van der Waals surface area contributed by atoms with Gasteiger partial charge in [0.2, 0.25) is 0 Å². The first-order valence-electron chi connectivity index (χ1n) is 5.93. The standard InChI is InChI=1S/C14H17N3O/c1-10-5-7-11(8-6-10)17-13(16-18)9-12(15-17)14(2,3)4/h5-9H,1-4H3. The average molecular weight is 243 g/mol. The number of benzene rings is 1. The molecule has 0 N–H and O–H groups in total. The van der Waals surface area contributed by atoms with E-state index in [0.29, 0.717) is 5.82 Å². The van der Waals surface area contributed by atoms with Crippen molar-refractivity contribution in [1.29, 1.82) is 0 Å². The van der Waals surface area contributed by atoms with Gasteiger partial charge in [0, 0.05) is 11.5 Å². The van der Waals surface area contributed by atoms with Crippen LogP contribution in [0.1, 0.15) is 32.0 Å². The molecule has 0 amide bonds. The highest BCUT2D eigenvalue weighted by Gasteiger charge is 2.20. The third kappa shape index (κ3) is 2.32. The Morgan fingerprint density at radius 2 is 1.78 bits per heavy atom. The van der Waals surface area contributed by atoms with Gasteiger partial charge in [-0.2, -0.15) is 5.10 Å². The summed E-state index contributed by atoms with van der Waals surface area (Å²) in [5, 5.41) is 7.53. The van der Waals surface area contributed by atoms with Crippen LogP contribution < -0.4 is 0 Å². The van der Waals surface area contributed by atoms with E-state index in [0.717, 1.165) is 11.4 Å². The van der Waals surface area contributed by atoms with E-state index in [1.807, 2.05) is 31.2 Å². The molecule has 0 aliphatic carbocycles. The number of nitrogens with zero attached hydrogens (tertiary/aromatic N) is 3. The fraction of sp³-hybridized carbons (Fsp3) is 0.357. The van der Waals surface area contributed by atoms with Crippen LogP contribution in [0.15, 0.2) is 35.5 Å². The summed E-state index contributed by atoms with van der Waals surface area (Å²) < 4.78 is 1.59. The first-order valence-corrected chi connectivity index (χ1v) is 5.93. The van der Waals surface area contributed by atoms with Crippen molar-refractivity contribution in [3.63, 3.8) is 0 Å². The topological polar surface area (TPSA) is 47.2 Å². The Balaban J connectivity index is 2.53. The average Bonchev–Trinajstić information content (AvgIpc) is 2.73. The molecule has 0 atom stereocenters. The highest BCUT2D eigenvalue weighted by Crippen LogP contribution is 2.27. The molecule has 0 saturated heterocycles. The normalized spacial score (nSPS) is 11.6. The van der Waals surface area contributed by atoms with Crippen LogP contribution in [0.3, 0.4) is 0 Å². The third-order valence-corrected chi connectivity index (χ3v) is 2.83. The highest BCUT2D eigenvalue weighted by molar-refractivity contribution is 5.44. The number of aromatic nitrogens is 2. The van der Waals surface area contributed by atoms with Crippen LogP contribution in [0.2, 0.25) is 0 Å². The van der Waals surface area contributed by atoms with Crippen LogP contribution in [-0.4, -0.2) is 9.78 Å². The molecule has 2 aromatic rings. The molecule has 0 radical (unpaired) electrons. The second-order valence-electron chi connectivity index (χ2n) is 5.48. The molecule has 18 heavy (non-hydrogen) atoms. The smallest absolute Gasteiger partial charge is 0.200 e. The predicted octanol–water partition coefficient (Wildman–Crippen LogP) is 3.88. The minimum absolute atomic E-state index is 0.102. The summed E-state index contributed by atoms with van der Waals surface area (Å²) in [6.07, 6.45) is 0. The zero-order valence-electron chi connectivity index (χ0n) is 11.1. The molecule has 0 spiro atoms. The lowest BCUT2D eigenvalue weighted by molar-refractivity contribution is 0.560. The van der Waals surface area contributed by atoms with Crippen molar-refractivity contribution in [2.24, 2.45) is 5.18 Å². The van der Waals surface area contributed by atoms with Gasteiger partial charge in [-0.15, -0.1) is 4.91 Å². The van der Waals surface area contributed by atoms with Crippen LogP contribution in [0.25, 0.3) is 5.69 Å². The van der Waals surface area contributed by atoms with Gasteiger partial charge in [0.05, 0.1) is 11.4 Å². The number of rotatable bonds is 2. The van der Waals surface area contributed by atoms with Crippen molar-refractivity contribution in [3.8, 4) is 5.69 Å². The van der Waals surface area contributed by atoms with Crippen molar-refractivity contribution < 1.29 is 0 Å². The maximum atomic E-state index is 10.9. The van der Waals surface area contributed by atoms with E-state index in [1.165, 1.54) is 5.56 Å². The Kier molecular flexibility index (Phi) is 3.03. The molecule has 4 nitrogen and oxygen atoms in total. The van der Waals surface area contributed by atoms with Crippen molar-refractivity contribution in [2.45, 2.75) is 33.1 Å². The first kappa shape index (κ1) is 12.5. The van der Waals surface area contributed by atoms with Crippen molar-refractivity contribution in [1.82, 2.24) is 9.78 Å². The van der Waals surface area contributed by atoms with Gasteiger partial charge in [-0.05, 0) is 24.2 Å². The zero-order chi connectivity index (χ0) is 13.3. The van der Waals surface area contributed by atoms with Crippen molar-refractivity contribution in [2.75, 3.05) is 0 Å². The zero-order valence-corrected chi connectivity index (χ0v) is 11.1. The van der Waals surface area contributed by atoms with Crippen LogP contribution >= 0.6 is 0 Å². The summed E-state index contributed by atoms with van der Waals surface area (Å²) in [5.74, 6) is 0.337. The minimum Gasteiger partial charge on any atom is -0.212 e. The van der Waals surface area contributed by atoms with Crippen LogP contribution in [0.4, 0.5) is 5.82 Å². The third-order valence-electron chi connectivity index (χ3n) is 2.83. The summed E-state index contributed by atoms with van der Waals surface area (Å²) in [4.78, 5) is 10.9. The molecule has 0 aliphatic rings. The van der Waals surface area contributed by atoms with E-state index in [4.69, 9.17) is 0 Å². The van der Waals surface area contributed by atoms with Gasteiger partial charge in [-0.25, -0.2) is 4.68 Å². The SMILES string of the molecule is Cc1ccc(-n2nc(C(C)(C)C)cc2N=O)cc1. The van der Waals surface area contributed by atoms with Gasteiger partial charge in [-0.3, -0.25) is 0 Å². The minimum atomic E-state index is -0.102. The van der Waals surface area contributed by atoms with Gasteiger partial charge in [0.15, 0.2) is 5.82 Å². The first-order chi connectivity index (χ1) is 8.41. The van der Waals surface area contributed by atoms with Crippen LogP contribution in [-0.2, 0) is 5.41 Å². The van der Waals surface area contributed by atoms with Crippen molar-refractivity contribution >= 4 is 5.82 Å². The summed E-state index contributed by atoms with van der Waals surface area (Å²) >= 11 is 0. The Morgan fingerprint density at radius 3 is 2.28 bits per heavy atom. The number of hydrogen-bond acceptors (Lipinski definition) is 3. The fourth-order valence-electron chi connectivity index (χ4n) is 1.68. The molecule has 0 aliphatic heterocycles. The van der Waals surface area contributed by atoms with E-state index in [2.05, 4.69) is 31.0 Å². The van der Waals surface area contributed by atoms with E-state index in [9.17, 15) is 4.91 Å². The van der Waals surface area contributed by atoms with Gasteiger partial charge in [0.25, 0.3) is 0 Å². The summed E-state index contributed by atoms with van der Waals surface area (Å²) in [6.45, 7) is 8.20. The second kappa shape index (κ2) is 4.37. The molecule has 2 rings (SSSR count). The molecular formula is C14H17N3O. The van der Waals surface area contributed by atoms with Gasteiger partial charge < -0.3 is 0 Å². The molecule has 94 valence electrons. The fourth-order valence-corrected chi connectivity index (χ4v) is 1.68. The van der Waals surface area contributed by atoms with Crippen molar-refractivity contribution in [3.05, 3.63) is 46.5 Å². The molecule has 0 unspecified atom stereocenters. The molecule has 0 saturated carbocycles. The Labute approximate surface area is 107 Å². The summed E-state index contributed by atoms with van der Waals surface area (Å²) in [5.41, 5.74) is 2.78. The summed E-state index contributed by atoms with van der Waals surface area (Å²) in [6, 6.07) is 9.59. The quantitative estimate of drug-likeness (QED) is 0.751. The van der Waals surface area contributed by atoms with E-state index in [1.54, 1.807) is 10.7 Å². The van der Waals surface area contributed by atoms with E-state index < -0.39 is 0 Å². The van der Waals surface area contributed by atoms with E-state index >= 15 is 0 Å². The predicted molar refractivity (Wildman–Crippen MR) is 72.5 cm³/mol. The Morgan fingerprint density at radius 1 is 1.17 bits per heavy atom. The lowest BCUT2D eigenvalue weighted by atomic mass is 9.92. The monoisotopic (exact) mass is 243 g/mol. The number of nitroso groups, excluding NO2 is 1. The largest absolute Gasteiger partial charge is 0.212 e. The van der Waals surface area contributed by atoms with Crippen LogP contribution in [0.5, 0.6) is 0 Å². The second-order valence-corrected chi connectivity index (χ2v) is 5.48. The number of aryl methyl sites for hydroxylation is 1. The Hall–Kier alpha value is -1.97. The number of hydrogen-bond donors (Lipinski definition) is 0. The molecule has 0 bridgehead atoms. The molecule has 1 aromatic carbocycles. The maximum Gasteiger partial charge on any atom is 0.200 e. The Bertz CT molecular complexity index is 562. The van der Waals surface area contributed by atoms with Gasteiger partial charge in [0.1, 0.15) is 0 Å². The molecule has 0 fully saturated rings. The maximum absolute atomic E-state index is 10.9. The molecule has 1 heterocycles. The molecular weight excluding hydrogens is 226 g/mol. The summed E-state index contributed by atoms with van der Waals surface area (Å²) in [7, 11) is 0. The van der Waals surface area contributed by atoms with Gasteiger partial charge >= 0.3 is 0 Å². The van der Waals surface area contributed by atoms with E-state index in [-0.39, 0.29) is 5.41 Å². The van der Waals surface area contributed by atoms with Crippen LogP contribution in [0, 0.1) is 11.8 Å². The van der Waals surface area contributed by atoms with Gasteiger partial charge in [-0.1, -0.05) is 38.5 Å². The molecule has 1 aromatic heterocycles. The molecule has 4 heteroatoms. The highest BCUT2D eigenvalue weighted by atomic mass is 16.3. The lowest BCUT2D eigenvalue weighted by Gasteiger charge is -2.14. The lowest BCUT2D eigenvalue weighted by Crippen LogP contribution is -2.12.